The molecular weight excluding hydrogens is 371 g/mol. The lowest BCUT2D eigenvalue weighted by Crippen LogP contribution is -2.24. The average molecular weight is 386 g/mol. The Balaban J connectivity index is 1.42. The second-order valence-corrected chi connectivity index (χ2v) is 6.24. The normalized spacial score (nSPS) is 10.5. The van der Waals surface area contributed by atoms with E-state index >= 15 is 0 Å². The molecule has 0 saturated heterocycles. The van der Waals surface area contributed by atoms with Crippen LogP contribution in [0.25, 0.3) is 16.9 Å². The first-order chi connectivity index (χ1) is 14.1. The molecule has 7 nitrogen and oxygen atoms in total. The van der Waals surface area contributed by atoms with Crippen molar-refractivity contribution in [2.75, 3.05) is 0 Å². The molecule has 0 unspecified atom stereocenters. The van der Waals surface area contributed by atoms with Crippen LogP contribution in [0.4, 0.5) is 4.39 Å². The summed E-state index contributed by atoms with van der Waals surface area (Å²) in [6.07, 6.45) is 3.24. The number of halogens is 1. The quantitative estimate of drug-likeness (QED) is 0.550. The zero-order valence-electron chi connectivity index (χ0n) is 15.1. The van der Waals surface area contributed by atoms with E-state index in [-0.39, 0.29) is 24.0 Å². The Morgan fingerprint density at radius 3 is 2.90 bits per heavy atom. The van der Waals surface area contributed by atoms with Crippen LogP contribution < -0.4 is 5.32 Å². The van der Waals surface area contributed by atoms with Crippen LogP contribution in [0.3, 0.4) is 0 Å². The van der Waals surface area contributed by atoms with Crippen molar-refractivity contribution in [2.24, 2.45) is 0 Å². The molecule has 0 saturated carbocycles. The molecular formula is C21H15FN6O. The summed E-state index contributed by atoms with van der Waals surface area (Å²) in [5.74, 6) is -0.178. The van der Waals surface area contributed by atoms with Crippen molar-refractivity contribution in [3.8, 4) is 23.0 Å². The number of aromatic amines is 1. The highest BCUT2D eigenvalue weighted by Gasteiger charge is 2.12. The number of nitrogens with zero attached hydrogens (tertiary/aromatic N) is 4. The zero-order chi connectivity index (χ0) is 20.2. The predicted octanol–water partition coefficient (Wildman–Crippen LogP) is 3.20. The van der Waals surface area contributed by atoms with E-state index in [1.807, 2.05) is 6.07 Å². The number of benzene rings is 2. The fraction of sp³-hybridized carbons (Fsp3) is 0.0476. The molecule has 29 heavy (non-hydrogen) atoms. The Morgan fingerprint density at radius 1 is 1.21 bits per heavy atom. The van der Waals surface area contributed by atoms with Gasteiger partial charge in [0.2, 0.25) is 0 Å². The maximum atomic E-state index is 13.3. The van der Waals surface area contributed by atoms with E-state index in [1.54, 1.807) is 48.8 Å². The molecule has 0 radical (unpaired) electrons. The van der Waals surface area contributed by atoms with Crippen LogP contribution in [0.15, 0.2) is 67.0 Å². The molecule has 0 aliphatic carbocycles. The maximum Gasteiger partial charge on any atom is 0.272 e. The van der Waals surface area contributed by atoms with Crippen molar-refractivity contribution in [1.82, 2.24) is 25.1 Å². The van der Waals surface area contributed by atoms with Crippen LogP contribution in [0.5, 0.6) is 0 Å². The summed E-state index contributed by atoms with van der Waals surface area (Å²) in [7, 11) is 0. The van der Waals surface area contributed by atoms with Gasteiger partial charge in [-0.15, -0.1) is 0 Å². The molecule has 0 spiro atoms. The van der Waals surface area contributed by atoms with Crippen LogP contribution >= 0.6 is 0 Å². The number of nitrogens with one attached hydrogen (secondary N) is 2. The molecule has 0 atom stereocenters. The fourth-order valence-electron chi connectivity index (χ4n) is 2.82. The first-order valence-electron chi connectivity index (χ1n) is 8.76. The van der Waals surface area contributed by atoms with Gasteiger partial charge in [-0.2, -0.15) is 10.4 Å². The standard InChI is InChI=1S/C21H15FN6O/c22-16-5-2-6-17(10-16)28-8-7-18(27-28)21(29)25-13-20-24-12-19(26-20)15-4-1-3-14(9-15)11-23/h1-10,12H,13H2,(H,24,26)(H,25,29). The highest BCUT2D eigenvalue weighted by Crippen LogP contribution is 2.18. The Bertz CT molecular complexity index is 1220. The van der Waals surface area contributed by atoms with Crippen LogP contribution in [-0.2, 0) is 6.54 Å². The number of nitriles is 1. The SMILES string of the molecule is N#Cc1cccc(-c2cnc(CNC(=O)c3ccn(-c4cccc(F)c4)n3)[nH]2)c1. The highest BCUT2D eigenvalue weighted by atomic mass is 19.1. The average Bonchev–Trinajstić information content (AvgIpc) is 3.42. The van der Waals surface area contributed by atoms with Crippen LogP contribution in [-0.4, -0.2) is 25.7 Å². The van der Waals surface area contributed by atoms with Gasteiger partial charge in [-0.25, -0.2) is 14.1 Å². The molecule has 8 heteroatoms. The molecule has 1 amide bonds. The number of rotatable bonds is 5. The minimum Gasteiger partial charge on any atom is -0.343 e. The van der Waals surface area contributed by atoms with Crippen molar-refractivity contribution in [3.05, 3.63) is 89.9 Å². The van der Waals surface area contributed by atoms with Crippen LogP contribution in [0.2, 0.25) is 0 Å². The van der Waals surface area contributed by atoms with Gasteiger partial charge in [0.25, 0.3) is 5.91 Å². The van der Waals surface area contributed by atoms with Crippen molar-refractivity contribution < 1.29 is 9.18 Å². The topological polar surface area (TPSA) is 99.4 Å². The van der Waals surface area contributed by atoms with Crippen LogP contribution in [0.1, 0.15) is 21.9 Å². The molecule has 2 aromatic carbocycles. The number of imidazole rings is 1. The van der Waals surface area contributed by atoms with Crippen LogP contribution in [0, 0.1) is 17.1 Å². The van der Waals surface area contributed by atoms with Gasteiger partial charge in [0.05, 0.1) is 35.8 Å². The predicted molar refractivity (Wildman–Crippen MR) is 103 cm³/mol. The van der Waals surface area contributed by atoms with E-state index in [4.69, 9.17) is 5.26 Å². The number of hydrogen-bond donors (Lipinski definition) is 2. The number of aromatic nitrogens is 4. The molecule has 0 bridgehead atoms. The summed E-state index contributed by atoms with van der Waals surface area (Å²) in [6.45, 7) is 0.184. The third-order valence-corrected chi connectivity index (χ3v) is 4.24. The summed E-state index contributed by atoms with van der Waals surface area (Å²) >= 11 is 0. The Labute approximate surface area is 165 Å². The largest absolute Gasteiger partial charge is 0.343 e. The Morgan fingerprint density at radius 2 is 2.07 bits per heavy atom. The summed E-state index contributed by atoms with van der Waals surface area (Å²) in [5, 5.41) is 15.9. The lowest BCUT2D eigenvalue weighted by molar-refractivity contribution is 0.0944. The number of hydrogen-bond acceptors (Lipinski definition) is 4. The van der Waals surface area contributed by atoms with Gasteiger partial charge in [0.1, 0.15) is 11.6 Å². The van der Waals surface area contributed by atoms with E-state index in [9.17, 15) is 9.18 Å². The zero-order valence-corrected chi connectivity index (χ0v) is 15.1. The molecule has 0 aliphatic rings. The van der Waals surface area contributed by atoms with Gasteiger partial charge in [0, 0.05) is 11.8 Å². The van der Waals surface area contributed by atoms with Gasteiger partial charge in [-0.1, -0.05) is 18.2 Å². The van der Waals surface area contributed by atoms with Gasteiger partial charge in [-0.3, -0.25) is 4.79 Å². The van der Waals surface area contributed by atoms with Crippen molar-refractivity contribution >= 4 is 5.91 Å². The van der Waals surface area contributed by atoms with E-state index in [0.29, 0.717) is 17.1 Å². The second kappa shape index (κ2) is 7.78. The summed E-state index contributed by atoms with van der Waals surface area (Å²) < 4.78 is 14.8. The first kappa shape index (κ1) is 18.1. The lowest BCUT2D eigenvalue weighted by atomic mass is 10.1. The number of amides is 1. The van der Waals surface area contributed by atoms with E-state index < -0.39 is 0 Å². The van der Waals surface area contributed by atoms with Crippen molar-refractivity contribution in [1.29, 1.82) is 5.26 Å². The van der Waals surface area contributed by atoms with Crippen molar-refractivity contribution in [2.45, 2.75) is 6.54 Å². The second-order valence-electron chi connectivity index (χ2n) is 6.24. The lowest BCUT2D eigenvalue weighted by Gasteiger charge is -2.02. The third kappa shape index (κ3) is 4.04. The third-order valence-electron chi connectivity index (χ3n) is 4.24. The summed E-state index contributed by atoms with van der Waals surface area (Å²) in [4.78, 5) is 19.7. The molecule has 2 N–H and O–H groups in total. The van der Waals surface area contributed by atoms with E-state index in [2.05, 4.69) is 26.5 Å². The minimum atomic E-state index is -0.377. The smallest absolute Gasteiger partial charge is 0.272 e. The Kier molecular flexibility index (Phi) is 4.86. The van der Waals surface area contributed by atoms with Crippen molar-refractivity contribution in [3.63, 3.8) is 0 Å². The number of H-pyrrole nitrogens is 1. The maximum absolute atomic E-state index is 13.3. The molecule has 2 aromatic heterocycles. The number of carbonyl (C=O) groups excluding carboxylic acids is 1. The molecule has 142 valence electrons. The molecule has 4 rings (SSSR count). The van der Waals surface area contributed by atoms with Gasteiger partial charge in [0.15, 0.2) is 5.69 Å². The summed E-state index contributed by atoms with van der Waals surface area (Å²) in [6, 6.07) is 16.8. The number of carbonyl (C=O) groups is 1. The van der Waals surface area contributed by atoms with E-state index in [0.717, 1.165) is 11.3 Å². The highest BCUT2D eigenvalue weighted by molar-refractivity contribution is 5.92. The fourth-order valence-corrected chi connectivity index (χ4v) is 2.82. The monoisotopic (exact) mass is 386 g/mol. The van der Waals surface area contributed by atoms with Gasteiger partial charge < -0.3 is 10.3 Å². The molecule has 0 aliphatic heterocycles. The van der Waals surface area contributed by atoms with E-state index in [1.165, 1.54) is 16.8 Å². The van der Waals surface area contributed by atoms with Gasteiger partial charge >= 0.3 is 0 Å². The Hall–Kier alpha value is -4.25. The molecule has 2 heterocycles. The first-order valence-corrected chi connectivity index (χ1v) is 8.76. The molecule has 0 fully saturated rings. The van der Waals surface area contributed by atoms with Gasteiger partial charge in [-0.05, 0) is 36.4 Å². The molecule has 4 aromatic rings. The minimum absolute atomic E-state index is 0.184. The summed E-state index contributed by atoms with van der Waals surface area (Å²) in [5.41, 5.74) is 2.88.